The molecule has 1 N–H and O–H groups in total. The Morgan fingerprint density at radius 1 is 0.723 bits per heavy atom. The first-order valence-electron chi connectivity index (χ1n) is 15.7. The van der Waals surface area contributed by atoms with Crippen molar-refractivity contribution in [3.63, 3.8) is 0 Å². The van der Waals surface area contributed by atoms with Gasteiger partial charge >= 0.3 is 126 Å². The number of benzene rings is 4. The van der Waals surface area contributed by atoms with Crippen LogP contribution in [0.15, 0.2) is 109 Å². The molecule has 1 aliphatic heterocycles. The Bertz CT molecular complexity index is 1940. The van der Waals surface area contributed by atoms with Gasteiger partial charge in [-0.3, -0.25) is 4.79 Å². The summed E-state index contributed by atoms with van der Waals surface area (Å²) in [5.41, 5.74) is 2.34. The van der Waals surface area contributed by atoms with Gasteiger partial charge in [-0.25, -0.2) is 0 Å². The summed E-state index contributed by atoms with van der Waals surface area (Å²) in [6.07, 6.45) is 5.01. The predicted octanol–water partition coefficient (Wildman–Crippen LogP) is 9.11. The molecule has 6 aromatic rings. The molecule has 2 aromatic heterocycles. The molecule has 0 bridgehead atoms. The average Bonchev–Trinajstić information content (AvgIpc) is 3.28. The van der Waals surface area contributed by atoms with Crippen LogP contribution in [0, 0.1) is 23.0 Å². The molecule has 243 valence electrons. The Hall–Kier alpha value is -3.64. The fourth-order valence-corrected chi connectivity index (χ4v) is 12.1. The van der Waals surface area contributed by atoms with Crippen molar-refractivity contribution < 1.29 is 30.0 Å². The molecule has 1 aliphatic rings. The second-order valence-electron chi connectivity index (χ2n) is 14.3. The molecule has 6 heteroatoms. The topological polar surface area (TPSA) is 63.1 Å². The fraction of sp³-hybridized carbons (Fsp3) is 0.244. The van der Waals surface area contributed by atoms with Gasteiger partial charge in [0.05, 0.1) is 0 Å². The number of hydrogen-bond donors (Lipinski definition) is 1. The van der Waals surface area contributed by atoms with E-state index in [1.807, 2.05) is 96.3 Å². The molecule has 0 spiro atoms. The van der Waals surface area contributed by atoms with Crippen molar-refractivity contribution in [2.24, 2.45) is 10.8 Å². The first-order chi connectivity index (χ1) is 21.7. The summed E-state index contributed by atoms with van der Waals surface area (Å²) in [6, 6.07) is 35.7. The number of carbonyl (C=O) groups excluding carboxylic acids is 1. The van der Waals surface area contributed by atoms with Crippen LogP contribution < -0.4 is 8.79 Å². The van der Waals surface area contributed by atoms with Crippen LogP contribution in [-0.2, 0) is 24.9 Å². The maximum absolute atomic E-state index is 11.5. The third-order valence-corrected chi connectivity index (χ3v) is 15.8. The van der Waals surface area contributed by atoms with Crippen molar-refractivity contribution in [1.82, 2.24) is 9.97 Å². The summed E-state index contributed by atoms with van der Waals surface area (Å²) >= 11 is -2.16. The molecule has 0 fully saturated rings. The van der Waals surface area contributed by atoms with E-state index in [0.717, 1.165) is 16.8 Å². The SMILES string of the molecule is CC(C)(C)C(=O)/C=C(\O)C(C)(C)C.[CH3][Ge]1([CH3])[c]2cc[c-]c3c4ncccc4c4ccc[c]1c4c23.[Ir].[c-]1ccccc1-c1ccccn1. The van der Waals surface area contributed by atoms with Crippen molar-refractivity contribution in [3.8, 4) is 11.3 Å². The van der Waals surface area contributed by atoms with Crippen LogP contribution in [-0.4, -0.2) is 34.1 Å². The molecular formula is C41H42GeIrN2O2-2. The number of pyridine rings is 2. The van der Waals surface area contributed by atoms with Gasteiger partial charge in [0, 0.05) is 43.2 Å². The third-order valence-electron chi connectivity index (χ3n) is 8.42. The van der Waals surface area contributed by atoms with E-state index in [1.165, 1.54) is 33.0 Å². The monoisotopic (exact) mass is 861 g/mol. The molecular weight excluding hydrogens is 817 g/mol. The number of fused-ring (bicyclic) bond motifs is 3. The van der Waals surface area contributed by atoms with Crippen molar-refractivity contribution in [1.29, 1.82) is 0 Å². The average molecular weight is 860 g/mol. The number of hydrogen-bond acceptors (Lipinski definition) is 4. The molecule has 3 heterocycles. The van der Waals surface area contributed by atoms with E-state index in [0.29, 0.717) is 0 Å². The summed E-state index contributed by atoms with van der Waals surface area (Å²) < 4.78 is 3.19. The van der Waals surface area contributed by atoms with Crippen LogP contribution in [0.25, 0.3) is 43.7 Å². The smallest absolute Gasteiger partial charge is 0.0160 e. The molecule has 4 aromatic carbocycles. The van der Waals surface area contributed by atoms with E-state index >= 15 is 0 Å². The Balaban J connectivity index is 0.000000169. The van der Waals surface area contributed by atoms with Crippen molar-refractivity contribution in [2.75, 3.05) is 0 Å². The van der Waals surface area contributed by atoms with Crippen LogP contribution in [0.4, 0.5) is 0 Å². The molecule has 0 amide bonds. The second kappa shape index (κ2) is 14.2. The van der Waals surface area contributed by atoms with Gasteiger partial charge in [0.2, 0.25) is 0 Å². The summed E-state index contributed by atoms with van der Waals surface area (Å²) in [6.45, 7) is 11.1. The normalized spacial score (nSPS) is 13.4. The molecule has 7 rings (SSSR count). The van der Waals surface area contributed by atoms with Gasteiger partial charge in [-0.05, 0) is 11.8 Å². The molecule has 0 saturated heterocycles. The molecule has 0 atom stereocenters. The second-order valence-corrected chi connectivity index (χ2v) is 23.4. The van der Waals surface area contributed by atoms with Gasteiger partial charge in [0.1, 0.15) is 5.76 Å². The largest absolute Gasteiger partial charge is 0.305 e. The van der Waals surface area contributed by atoms with Crippen LogP contribution in [0.2, 0.25) is 11.5 Å². The Kier molecular flexibility index (Phi) is 11.0. The molecule has 1 radical (unpaired) electrons. The third kappa shape index (κ3) is 7.59. The van der Waals surface area contributed by atoms with E-state index in [1.54, 1.807) is 15.0 Å². The molecule has 0 unspecified atom stereocenters. The summed E-state index contributed by atoms with van der Waals surface area (Å²) in [5.74, 6) is 5.11. The summed E-state index contributed by atoms with van der Waals surface area (Å²) in [7, 11) is 0. The summed E-state index contributed by atoms with van der Waals surface area (Å²) in [4.78, 5) is 20.4. The van der Waals surface area contributed by atoms with E-state index in [-0.39, 0.29) is 37.1 Å². The molecule has 47 heavy (non-hydrogen) atoms. The van der Waals surface area contributed by atoms with Crippen LogP contribution in [0.3, 0.4) is 0 Å². The maximum Gasteiger partial charge on any atom is 0.0160 e. The van der Waals surface area contributed by atoms with Crippen molar-refractivity contribution >= 4 is 60.3 Å². The number of rotatable bonds is 2. The number of ketones is 1. The summed E-state index contributed by atoms with van der Waals surface area (Å²) in [5, 5.41) is 16.3. The van der Waals surface area contributed by atoms with Gasteiger partial charge in [-0.15, -0.1) is 35.9 Å². The number of aromatic nitrogens is 2. The molecule has 0 saturated carbocycles. The van der Waals surface area contributed by atoms with Gasteiger partial charge in [-0.1, -0.05) is 53.7 Å². The van der Waals surface area contributed by atoms with Gasteiger partial charge in [0.25, 0.3) is 0 Å². The maximum atomic E-state index is 11.5. The zero-order chi connectivity index (χ0) is 33.3. The predicted molar refractivity (Wildman–Crippen MR) is 195 cm³/mol. The first-order valence-corrected chi connectivity index (χ1v) is 22.0. The molecule has 0 aliphatic carbocycles. The number of carbonyl (C=O) groups is 1. The number of aliphatic hydroxyl groups excluding tert-OH is 1. The first kappa shape index (κ1) is 36.2. The van der Waals surface area contributed by atoms with E-state index in [4.69, 9.17) is 0 Å². The van der Waals surface area contributed by atoms with E-state index in [9.17, 15) is 9.90 Å². The van der Waals surface area contributed by atoms with E-state index < -0.39 is 18.7 Å². The number of allylic oxidation sites excluding steroid dienone is 2. The van der Waals surface area contributed by atoms with Crippen molar-refractivity contribution in [2.45, 2.75) is 53.1 Å². The fourth-order valence-electron chi connectivity index (χ4n) is 5.63. The Morgan fingerprint density at radius 3 is 2.04 bits per heavy atom. The minimum absolute atomic E-state index is 0. The Morgan fingerprint density at radius 2 is 1.40 bits per heavy atom. The standard InChI is InChI=1S/C19H14GeN.C11H8N.C11H20O2.Ir/c1-20(2)15-9-3-6-12-13-8-5-11-21-19(13)14-7-4-10-16(20)18(14)17(12)15;1-2-6-10(7-3-1)11-8-4-5-9-12-11;1-10(2,3)8(12)7-9(13)11(4,5)6;/h3-6,8-11H,1-2H3;1-6,8-9H;7,12H,1-6H3;/q2*-1;;/b;;8-7-;. The zero-order valence-electron chi connectivity index (χ0n) is 28.4. The number of nitrogens with zero attached hydrogens (tertiary/aromatic N) is 2. The van der Waals surface area contributed by atoms with Crippen LogP contribution in [0.5, 0.6) is 0 Å². The van der Waals surface area contributed by atoms with Crippen LogP contribution in [0.1, 0.15) is 41.5 Å². The Labute approximate surface area is 295 Å². The zero-order valence-corrected chi connectivity index (χ0v) is 32.9. The quantitative estimate of drug-likeness (QED) is 0.0621. The number of aliphatic hydroxyl groups is 1. The van der Waals surface area contributed by atoms with Gasteiger partial charge < -0.3 is 10.1 Å². The van der Waals surface area contributed by atoms with Crippen LogP contribution >= 0.6 is 0 Å². The van der Waals surface area contributed by atoms with Gasteiger partial charge in [-0.2, -0.15) is 0 Å². The minimum atomic E-state index is -2.16. The van der Waals surface area contributed by atoms with Gasteiger partial charge in [0.15, 0.2) is 5.78 Å². The van der Waals surface area contributed by atoms with E-state index in [2.05, 4.69) is 70.0 Å². The minimum Gasteiger partial charge on any atom is -0.305 e. The molecule has 4 nitrogen and oxygen atoms in total. The van der Waals surface area contributed by atoms with Crippen molar-refractivity contribution in [3.05, 3.63) is 121 Å².